The predicted octanol–water partition coefficient (Wildman–Crippen LogP) is 3.45. The molecule has 3 N–H and O–H groups in total. The van der Waals surface area contributed by atoms with Crippen LogP contribution >= 0.6 is 11.6 Å². The summed E-state index contributed by atoms with van der Waals surface area (Å²) < 4.78 is 26.9. The molecule has 6 heteroatoms. The van der Waals surface area contributed by atoms with Crippen LogP contribution in [0.25, 0.3) is 0 Å². The Balaban J connectivity index is 2.34. The van der Waals surface area contributed by atoms with Crippen LogP contribution in [0.1, 0.15) is 10.4 Å². The first-order valence-electron chi connectivity index (χ1n) is 5.29. The molecule has 0 heterocycles. The van der Waals surface area contributed by atoms with E-state index in [1.807, 2.05) is 0 Å². The summed E-state index contributed by atoms with van der Waals surface area (Å²) in [6.07, 6.45) is 0. The largest absolute Gasteiger partial charge is 0.397 e. The van der Waals surface area contributed by atoms with E-state index in [0.717, 1.165) is 12.1 Å². The molecule has 2 rings (SSSR count). The monoisotopic (exact) mass is 282 g/mol. The average molecular weight is 283 g/mol. The summed E-state index contributed by atoms with van der Waals surface area (Å²) >= 11 is 5.75. The van der Waals surface area contributed by atoms with Gasteiger partial charge in [0.2, 0.25) is 0 Å². The first-order chi connectivity index (χ1) is 8.99. The minimum atomic E-state index is -0.946. The second-order valence-electron chi connectivity index (χ2n) is 3.78. The van der Waals surface area contributed by atoms with Gasteiger partial charge in [0, 0.05) is 5.02 Å². The van der Waals surface area contributed by atoms with Crippen LogP contribution in [0.2, 0.25) is 5.02 Å². The van der Waals surface area contributed by atoms with Gasteiger partial charge in [-0.2, -0.15) is 0 Å². The number of carbonyl (C=O) groups excluding carboxylic acids is 1. The van der Waals surface area contributed by atoms with Crippen LogP contribution in [0, 0.1) is 11.6 Å². The first-order valence-corrected chi connectivity index (χ1v) is 5.67. The van der Waals surface area contributed by atoms with E-state index in [4.69, 9.17) is 17.3 Å². The van der Waals surface area contributed by atoms with Crippen LogP contribution in [0.4, 0.5) is 20.2 Å². The Morgan fingerprint density at radius 3 is 2.42 bits per heavy atom. The molecule has 0 bridgehead atoms. The van der Waals surface area contributed by atoms with E-state index in [0.29, 0.717) is 5.02 Å². The number of hydrogen-bond acceptors (Lipinski definition) is 2. The third-order valence-corrected chi connectivity index (χ3v) is 2.69. The van der Waals surface area contributed by atoms with Crippen molar-refractivity contribution in [3.05, 3.63) is 58.6 Å². The number of nitrogen functional groups attached to an aromatic ring is 1. The molecule has 0 aliphatic heterocycles. The minimum absolute atomic E-state index is 0.195. The van der Waals surface area contributed by atoms with E-state index >= 15 is 0 Å². The fourth-order valence-corrected chi connectivity index (χ4v) is 1.71. The average Bonchev–Trinajstić information content (AvgIpc) is 2.33. The zero-order chi connectivity index (χ0) is 14.0. The summed E-state index contributed by atoms with van der Waals surface area (Å²) in [4.78, 5) is 11.8. The standard InChI is InChI=1S/C13H9ClF2N2O/c14-7-4-5-10(17)11(6-7)18-13(19)12-8(15)2-1-3-9(12)16/h1-6H,17H2,(H,18,19). The lowest BCUT2D eigenvalue weighted by Gasteiger charge is -2.09. The number of benzene rings is 2. The number of nitrogens with two attached hydrogens (primary N) is 1. The molecular formula is C13H9ClF2N2O. The molecule has 0 aliphatic carbocycles. The van der Waals surface area contributed by atoms with E-state index in [9.17, 15) is 13.6 Å². The molecule has 0 aromatic heterocycles. The molecule has 1 amide bonds. The second-order valence-corrected chi connectivity index (χ2v) is 4.22. The van der Waals surface area contributed by atoms with E-state index < -0.39 is 23.1 Å². The molecule has 2 aromatic rings. The number of carbonyl (C=O) groups is 1. The highest BCUT2D eigenvalue weighted by Gasteiger charge is 2.17. The van der Waals surface area contributed by atoms with Gasteiger partial charge < -0.3 is 11.1 Å². The lowest BCUT2D eigenvalue weighted by atomic mass is 10.1. The Labute approximate surface area is 113 Å². The molecule has 19 heavy (non-hydrogen) atoms. The molecule has 2 aromatic carbocycles. The summed E-state index contributed by atoms with van der Waals surface area (Å²) in [5.41, 5.74) is 5.41. The van der Waals surface area contributed by atoms with Crippen molar-refractivity contribution in [2.45, 2.75) is 0 Å². The van der Waals surface area contributed by atoms with E-state index in [-0.39, 0.29) is 11.4 Å². The van der Waals surface area contributed by atoms with Crippen molar-refractivity contribution >= 4 is 28.9 Å². The maximum Gasteiger partial charge on any atom is 0.261 e. The van der Waals surface area contributed by atoms with Crippen LogP contribution < -0.4 is 11.1 Å². The molecule has 0 radical (unpaired) electrons. The highest BCUT2D eigenvalue weighted by molar-refractivity contribution is 6.31. The number of anilines is 2. The van der Waals surface area contributed by atoms with Crippen LogP contribution in [-0.2, 0) is 0 Å². The SMILES string of the molecule is Nc1ccc(Cl)cc1NC(=O)c1c(F)cccc1F. The van der Waals surface area contributed by atoms with Gasteiger partial charge in [-0.25, -0.2) is 8.78 Å². The Hall–Kier alpha value is -2.14. The van der Waals surface area contributed by atoms with Crippen molar-refractivity contribution in [3.8, 4) is 0 Å². The molecule has 98 valence electrons. The molecular weight excluding hydrogens is 274 g/mol. The second kappa shape index (κ2) is 5.24. The van der Waals surface area contributed by atoms with Crippen molar-refractivity contribution in [2.75, 3.05) is 11.1 Å². The van der Waals surface area contributed by atoms with Gasteiger partial charge in [-0.15, -0.1) is 0 Å². The first kappa shape index (κ1) is 13.3. The number of rotatable bonds is 2. The molecule has 0 unspecified atom stereocenters. The molecule has 0 spiro atoms. The van der Waals surface area contributed by atoms with Crippen LogP contribution in [0.3, 0.4) is 0 Å². The molecule has 3 nitrogen and oxygen atoms in total. The fraction of sp³-hybridized carbons (Fsp3) is 0. The van der Waals surface area contributed by atoms with Gasteiger partial charge in [-0.1, -0.05) is 17.7 Å². The number of hydrogen-bond donors (Lipinski definition) is 2. The van der Waals surface area contributed by atoms with Gasteiger partial charge in [0.25, 0.3) is 5.91 Å². The summed E-state index contributed by atoms with van der Waals surface area (Å²) in [7, 11) is 0. The van der Waals surface area contributed by atoms with Crippen LogP contribution in [0.15, 0.2) is 36.4 Å². The lowest BCUT2D eigenvalue weighted by molar-refractivity contribution is 0.101. The highest BCUT2D eigenvalue weighted by atomic mass is 35.5. The number of nitrogens with one attached hydrogen (secondary N) is 1. The topological polar surface area (TPSA) is 55.1 Å². The maximum absolute atomic E-state index is 13.4. The third-order valence-electron chi connectivity index (χ3n) is 2.45. The molecule has 0 fully saturated rings. The Morgan fingerprint density at radius 2 is 1.79 bits per heavy atom. The van der Waals surface area contributed by atoms with E-state index in [2.05, 4.69) is 5.32 Å². The number of amides is 1. The normalized spacial score (nSPS) is 10.3. The molecule has 0 saturated carbocycles. The van der Waals surface area contributed by atoms with Gasteiger partial charge in [-0.3, -0.25) is 4.79 Å². The summed E-state index contributed by atoms with van der Waals surface area (Å²) in [6, 6.07) is 7.59. The van der Waals surface area contributed by atoms with Crippen LogP contribution in [-0.4, -0.2) is 5.91 Å². The zero-order valence-electron chi connectivity index (χ0n) is 9.58. The lowest BCUT2D eigenvalue weighted by Crippen LogP contribution is -2.16. The van der Waals surface area contributed by atoms with Crippen molar-refractivity contribution in [3.63, 3.8) is 0 Å². The van der Waals surface area contributed by atoms with Gasteiger partial charge >= 0.3 is 0 Å². The summed E-state index contributed by atoms with van der Waals surface area (Å²) in [5.74, 6) is -2.82. The van der Waals surface area contributed by atoms with Gasteiger partial charge in [0.05, 0.1) is 11.4 Å². The highest BCUT2D eigenvalue weighted by Crippen LogP contribution is 2.24. The van der Waals surface area contributed by atoms with Crippen molar-refractivity contribution in [1.82, 2.24) is 0 Å². The number of halogens is 3. The smallest absolute Gasteiger partial charge is 0.261 e. The summed E-state index contributed by atoms with van der Waals surface area (Å²) in [5, 5.41) is 2.67. The van der Waals surface area contributed by atoms with Gasteiger partial charge in [0.15, 0.2) is 0 Å². The Kier molecular flexibility index (Phi) is 3.66. The van der Waals surface area contributed by atoms with Crippen molar-refractivity contribution in [2.24, 2.45) is 0 Å². The van der Waals surface area contributed by atoms with Crippen molar-refractivity contribution < 1.29 is 13.6 Å². The Morgan fingerprint density at radius 1 is 1.16 bits per heavy atom. The third kappa shape index (κ3) is 2.82. The maximum atomic E-state index is 13.4. The predicted molar refractivity (Wildman–Crippen MR) is 70.2 cm³/mol. The molecule has 0 saturated heterocycles. The van der Waals surface area contributed by atoms with Gasteiger partial charge in [-0.05, 0) is 30.3 Å². The quantitative estimate of drug-likeness (QED) is 0.829. The van der Waals surface area contributed by atoms with E-state index in [1.54, 1.807) is 0 Å². The minimum Gasteiger partial charge on any atom is -0.397 e. The Bertz CT molecular complexity index is 626. The van der Waals surface area contributed by atoms with E-state index in [1.165, 1.54) is 24.3 Å². The summed E-state index contributed by atoms with van der Waals surface area (Å²) in [6.45, 7) is 0. The van der Waals surface area contributed by atoms with Crippen molar-refractivity contribution in [1.29, 1.82) is 0 Å². The molecule has 0 aliphatic rings. The molecule has 0 atom stereocenters. The van der Waals surface area contributed by atoms with Gasteiger partial charge in [0.1, 0.15) is 17.2 Å². The fourth-order valence-electron chi connectivity index (χ4n) is 1.54. The zero-order valence-corrected chi connectivity index (χ0v) is 10.3. The van der Waals surface area contributed by atoms with Crippen LogP contribution in [0.5, 0.6) is 0 Å².